The van der Waals surface area contributed by atoms with Crippen molar-refractivity contribution in [1.29, 1.82) is 0 Å². The average molecular weight is 314 g/mol. The molecule has 0 saturated carbocycles. The van der Waals surface area contributed by atoms with Crippen LogP contribution in [0, 0.1) is 6.92 Å². The van der Waals surface area contributed by atoms with Crippen LogP contribution in [0.3, 0.4) is 0 Å². The summed E-state index contributed by atoms with van der Waals surface area (Å²) in [6.07, 6.45) is 3.31. The summed E-state index contributed by atoms with van der Waals surface area (Å²) < 4.78 is 0. The molecule has 0 radical (unpaired) electrons. The molecule has 6 nitrogen and oxygen atoms in total. The van der Waals surface area contributed by atoms with Crippen LogP contribution in [0.5, 0.6) is 0 Å². The van der Waals surface area contributed by atoms with Crippen LogP contribution in [-0.2, 0) is 4.79 Å². The predicted octanol–water partition coefficient (Wildman–Crippen LogP) is 1.83. The van der Waals surface area contributed by atoms with E-state index in [2.05, 4.69) is 15.3 Å². The Kier molecular flexibility index (Phi) is 4.77. The van der Waals surface area contributed by atoms with Crippen LogP contribution in [0.2, 0.25) is 0 Å². The number of aryl methyl sites for hydroxylation is 1. The van der Waals surface area contributed by atoms with Gasteiger partial charge < -0.3 is 16.2 Å². The number of Topliss-reactive ketones (excluding diaryl/α,β-unsaturated/α-hetero) is 1. The van der Waals surface area contributed by atoms with Crippen LogP contribution < -0.4 is 11.1 Å². The van der Waals surface area contributed by atoms with Crippen molar-refractivity contribution in [1.82, 2.24) is 9.97 Å². The van der Waals surface area contributed by atoms with Crippen LogP contribution in [0.15, 0.2) is 30.6 Å². The molecule has 0 amide bonds. The Hall–Kier alpha value is -2.31. The highest BCUT2D eigenvalue weighted by atomic mass is 16.3. The van der Waals surface area contributed by atoms with E-state index in [0.29, 0.717) is 17.1 Å². The normalized spacial score (nSPS) is 12.8. The molecule has 0 aliphatic heterocycles. The minimum Gasteiger partial charge on any atom is -0.383 e. The van der Waals surface area contributed by atoms with Gasteiger partial charge >= 0.3 is 0 Å². The number of nitrogens with one attached hydrogen (secondary N) is 1. The molecule has 4 N–H and O–H groups in total. The largest absolute Gasteiger partial charge is 0.383 e. The Morgan fingerprint density at radius 3 is 2.52 bits per heavy atom. The van der Waals surface area contributed by atoms with E-state index in [9.17, 15) is 9.90 Å². The molecule has 2 aromatic rings. The number of hydrogen-bond donors (Lipinski definition) is 3. The first kappa shape index (κ1) is 17.1. The zero-order valence-corrected chi connectivity index (χ0v) is 13.8. The lowest BCUT2D eigenvalue weighted by Crippen LogP contribution is -2.39. The number of carbonyl (C=O) groups excluding carboxylic acids is 1. The highest BCUT2D eigenvalue weighted by Crippen LogP contribution is 2.26. The monoisotopic (exact) mass is 314 g/mol. The first-order valence-corrected chi connectivity index (χ1v) is 7.37. The number of nitrogens with zero attached hydrogens (tertiary/aromatic N) is 2. The van der Waals surface area contributed by atoms with Gasteiger partial charge in [0, 0.05) is 12.6 Å². The quantitative estimate of drug-likeness (QED) is 0.778. The molecule has 0 fully saturated rings. The van der Waals surface area contributed by atoms with Gasteiger partial charge in [-0.05, 0) is 38.0 Å². The molecule has 6 heteroatoms. The van der Waals surface area contributed by atoms with E-state index in [1.54, 1.807) is 25.5 Å². The molecule has 1 aromatic heterocycles. The molecule has 0 aliphatic carbocycles. The summed E-state index contributed by atoms with van der Waals surface area (Å²) >= 11 is 0. The molecule has 0 aliphatic rings. The van der Waals surface area contributed by atoms with Crippen LogP contribution >= 0.6 is 0 Å². The van der Waals surface area contributed by atoms with Crippen molar-refractivity contribution in [2.24, 2.45) is 5.73 Å². The van der Waals surface area contributed by atoms with Crippen molar-refractivity contribution in [3.05, 3.63) is 41.7 Å². The van der Waals surface area contributed by atoms with Crippen molar-refractivity contribution in [3.8, 4) is 11.3 Å². The maximum Gasteiger partial charge on any atom is 0.184 e. The highest BCUT2D eigenvalue weighted by Gasteiger charge is 2.30. The maximum absolute atomic E-state index is 12.2. The molecule has 23 heavy (non-hydrogen) atoms. The van der Waals surface area contributed by atoms with E-state index in [0.717, 1.165) is 11.1 Å². The number of carbonyl (C=O) groups is 1. The molecule has 0 spiro atoms. The fourth-order valence-corrected chi connectivity index (χ4v) is 2.24. The summed E-state index contributed by atoms with van der Waals surface area (Å²) in [6, 6.07) is 4.62. The fraction of sp³-hybridized carbons (Fsp3) is 0.353. The average Bonchev–Trinajstić information content (AvgIpc) is 2.53. The van der Waals surface area contributed by atoms with Gasteiger partial charge in [-0.1, -0.05) is 12.1 Å². The summed E-state index contributed by atoms with van der Waals surface area (Å²) in [5.74, 6) is 0.250. The maximum atomic E-state index is 12.2. The number of ketones is 1. The molecule has 1 heterocycles. The standard InChI is InChI=1S/C17H22N4O2/c1-10-5-6-11(15(18)16(22)17(2,3)23)7-12(10)13-8-21-14(19-4)9-20-13/h5-9,15,23H,18H2,1-4H3,(H,19,21). The first-order valence-electron chi connectivity index (χ1n) is 7.37. The van der Waals surface area contributed by atoms with E-state index in [4.69, 9.17) is 5.73 Å². The number of aliphatic hydroxyl groups is 1. The van der Waals surface area contributed by atoms with Crippen LogP contribution in [0.4, 0.5) is 5.82 Å². The second kappa shape index (κ2) is 6.44. The number of hydrogen-bond acceptors (Lipinski definition) is 6. The smallest absolute Gasteiger partial charge is 0.184 e. The summed E-state index contributed by atoms with van der Waals surface area (Å²) in [4.78, 5) is 20.8. The number of aromatic nitrogens is 2. The Morgan fingerprint density at radius 1 is 1.30 bits per heavy atom. The molecule has 2 rings (SSSR count). The molecule has 1 atom stereocenters. The highest BCUT2D eigenvalue weighted by molar-refractivity contribution is 5.92. The molecule has 1 aromatic carbocycles. The summed E-state index contributed by atoms with van der Waals surface area (Å²) in [6.45, 7) is 4.83. The van der Waals surface area contributed by atoms with Gasteiger partial charge in [0.05, 0.1) is 24.1 Å². The third-order valence-corrected chi connectivity index (χ3v) is 3.69. The number of anilines is 1. The van der Waals surface area contributed by atoms with Gasteiger partial charge in [-0.2, -0.15) is 0 Å². The van der Waals surface area contributed by atoms with E-state index >= 15 is 0 Å². The Balaban J connectivity index is 2.40. The van der Waals surface area contributed by atoms with Crippen molar-refractivity contribution in [3.63, 3.8) is 0 Å². The Bertz CT molecular complexity index is 706. The van der Waals surface area contributed by atoms with Gasteiger partial charge in [0.2, 0.25) is 0 Å². The second-order valence-corrected chi connectivity index (χ2v) is 6.01. The zero-order valence-electron chi connectivity index (χ0n) is 13.8. The van der Waals surface area contributed by atoms with Gasteiger partial charge in [-0.3, -0.25) is 9.78 Å². The van der Waals surface area contributed by atoms with Gasteiger partial charge in [-0.25, -0.2) is 4.98 Å². The number of benzene rings is 1. The second-order valence-electron chi connectivity index (χ2n) is 6.01. The third kappa shape index (κ3) is 3.72. The van der Waals surface area contributed by atoms with Crippen LogP contribution in [-0.4, -0.2) is 33.5 Å². The first-order chi connectivity index (χ1) is 10.7. The summed E-state index contributed by atoms with van der Waals surface area (Å²) in [5, 5.41) is 12.8. The lowest BCUT2D eigenvalue weighted by molar-refractivity contribution is -0.135. The van der Waals surface area contributed by atoms with Crippen LogP contribution in [0.25, 0.3) is 11.3 Å². The molecule has 0 bridgehead atoms. The topological polar surface area (TPSA) is 101 Å². The summed E-state index contributed by atoms with van der Waals surface area (Å²) in [7, 11) is 1.77. The van der Waals surface area contributed by atoms with Crippen molar-refractivity contribution >= 4 is 11.6 Å². The van der Waals surface area contributed by atoms with E-state index < -0.39 is 17.4 Å². The minimum atomic E-state index is -1.47. The lowest BCUT2D eigenvalue weighted by atomic mass is 9.91. The molecule has 0 saturated heterocycles. The molecule has 122 valence electrons. The SMILES string of the molecule is CNc1cnc(-c2cc(C(N)C(=O)C(C)(C)O)ccc2C)cn1. The Labute approximate surface area is 135 Å². The summed E-state index contributed by atoms with van der Waals surface area (Å²) in [5.41, 5.74) is 7.74. The van der Waals surface area contributed by atoms with E-state index in [1.807, 2.05) is 19.1 Å². The lowest BCUT2D eigenvalue weighted by Gasteiger charge is -2.21. The molecular weight excluding hydrogens is 292 g/mol. The van der Waals surface area contributed by atoms with E-state index in [1.165, 1.54) is 13.8 Å². The van der Waals surface area contributed by atoms with Gasteiger partial charge in [0.15, 0.2) is 5.78 Å². The van der Waals surface area contributed by atoms with E-state index in [-0.39, 0.29) is 0 Å². The minimum absolute atomic E-state index is 0.427. The van der Waals surface area contributed by atoms with Gasteiger partial charge in [0.1, 0.15) is 11.4 Å². The third-order valence-electron chi connectivity index (χ3n) is 3.69. The number of rotatable bonds is 5. The Morgan fingerprint density at radius 2 is 2.00 bits per heavy atom. The number of nitrogens with two attached hydrogens (primary N) is 1. The predicted molar refractivity (Wildman–Crippen MR) is 90.0 cm³/mol. The van der Waals surface area contributed by atoms with Crippen molar-refractivity contribution in [2.75, 3.05) is 12.4 Å². The van der Waals surface area contributed by atoms with Crippen molar-refractivity contribution in [2.45, 2.75) is 32.4 Å². The molecule has 1 unspecified atom stereocenters. The van der Waals surface area contributed by atoms with Crippen LogP contribution in [0.1, 0.15) is 31.0 Å². The van der Waals surface area contributed by atoms with Gasteiger partial charge in [-0.15, -0.1) is 0 Å². The molecular formula is C17H22N4O2. The van der Waals surface area contributed by atoms with Crippen molar-refractivity contribution < 1.29 is 9.90 Å². The zero-order chi connectivity index (χ0) is 17.2. The fourth-order valence-electron chi connectivity index (χ4n) is 2.24. The van der Waals surface area contributed by atoms with Gasteiger partial charge in [0.25, 0.3) is 0 Å².